The molecule has 0 radical (unpaired) electrons. The summed E-state index contributed by atoms with van der Waals surface area (Å²) in [7, 11) is 0. The maximum absolute atomic E-state index is 11.1. The summed E-state index contributed by atoms with van der Waals surface area (Å²) in [5, 5.41) is 81.1. The standard InChI is InChI=1S/C20H30O11/c1-9(10-5-3-2-4-6-10)20(28)18(27)16(25)14(23)12(31-20)8-29-19-17(26)15(24)13(22)11(7-21)30-19/h2-6,9,11-19,21-28H,7-8H2,1H3/t9?,11-,12-,13-,14-,15+,16+,17-,18-,19-,20-/m1/s1. The summed E-state index contributed by atoms with van der Waals surface area (Å²) >= 11 is 0. The van der Waals surface area contributed by atoms with Crippen LogP contribution in [0.25, 0.3) is 0 Å². The number of hydrogen-bond acceptors (Lipinski definition) is 11. The van der Waals surface area contributed by atoms with E-state index >= 15 is 0 Å². The Morgan fingerprint density at radius 2 is 1.52 bits per heavy atom. The highest BCUT2D eigenvalue weighted by Crippen LogP contribution is 2.39. The number of rotatable bonds is 6. The fourth-order valence-electron chi connectivity index (χ4n) is 3.90. The number of ether oxygens (including phenoxy) is 3. The van der Waals surface area contributed by atoms with Gasteiger partial charge >= 0.3 is 0 Å². The highest BCUT2D eigenvalue weighted by atomic mass is 16.7. The highest BCUT2D eigenvalue weighted by molar-refractivity contribution is 5.22. The molecule has 0 bridgehead atoms. The van der Waals surface area contributed by atoms with Gasteiger partial charge in [-0.1, -0.05) is 37.3 Å². The first-order chi connectivity index (χ1) is 14.6. The second-order valence-corrected chi connectivity index (χ2v) is 8.00. The van der Waals surface area contributed by atoms with Crippen molar-refractivity contribution in [1.82, 2.24) is 0 Å². The number of aliphatic hydroxyl groups excluding tert-OH is 7. The first-order valence-corrected chi connectivity index (χ1v) is 10.0. The van der Waals surface area contributed by atoms with Crippen molar-refractivity contribution in [1.29, 1.82) is 0 Å². The predicted molar refractivity (Wildman–Crippen MR) is 102 cm³/mol. The van der Waals surface area contributed by atoms with Gasteiger partial charge in [0.05, 0.1) is 13.2 Å². The van der Waals surface area contributed by atoms with Crippen LogP contribution in [0.2, 0.25) is 0 Å². The molecule has 1 aromatic carbocycles. The van der Waals surface area contributed by atoms with E-state index in [4.69, 9.17) is 14.2 Å². The van der Waals surface area contributed by atoms with Crippen LogP contribution in [0, 0.1) is 0 Å². The molecule has 0 amide bonds. The van der Waals surface area contributed by atoms with Gasteiger partial charge in [0.15, 0.2) is 6.29 Å². The zero-order valence-electron chi connectivity index (χ0n) is 16.9. The molecule has 3 rings (SSSR count). The summed E-state index contributed by atoms with van der Waals surface area (Å²) in [5.41, 5.74) is 0.612. The quantitative estimate of drug-likeness (QED) is 0.219. The van der Waals surface area contributed by atoms with E-state index in [1.54, 1.807) is 37.3 Å². The van der Waals surface area contributed by atoms with E-state index in [1.807, 2.05) is 0 Å². The minimum Gasteiger partial charge on any atom is -0.394 e. The van der Waals surface area contributed by atoms with Crippen molar-refractivity contribution in [3.63, 3.8) is 0 Å². The van der Waals surface area contributed by atoms with Crippen molar-refractivity contribution < 1.29 is 55.1 Å². The monoisotopic (exact) mass is 446 g/mol. The van der Waals surface area contributed by atoms with E-state index in [1.165, 1.54) is 0 Å². The van der Waals surface area contributed by atoms with E-state index in [0.29, 0.717) is 5.56 Å². The molecule has 2 aliphatic rings. The molecule has 2 fully saturated rings. The first kappa shape index (κ1) is 24.4. The molecule has 8 N–H and O–H groups in total. The van der Waals surface area contributed by atoms with Gasteiger partial charge in [-0.25, -0.2) is 0 Å². The number of aliphatic hydroxyl groups is 8. The average molecular weight is 446 g/mol. The molecule has 2 saturated heterocycles. The molecule has 1 unspecified atom stereocenters. The molecule has 2 aliphatic heterocycles. The molecular formula is C20H30O11. The van der Waals surface area contributed by atoms with Gasteiger partial charge in [-0.15, -0.1) is 0 Å². The van der Waals surface area contributed by atoms with Crippen LogP contribution in [0.4, 0.5) is 0 Å². The number of benzene rings is 1. The Bertz CT molecular complexity index is 704. The molecule has 0 aromatic heterocycles. The summed E-state index contributed by atoms with van der Waals surface area (Å²) in [4.78, 5) is 0. The van der Waals surface area contributed by atoms with Crippen LogP contribution in [0.3, 0.4) is 0 Å². The second kappa shape index (κ2) is 9.73. The van der Waals surface area contributed by atoms with Crippen LogP contribution in [0.5, 0.6) is 0 Å². The van der Waals surface area contributed by atoms with Crippen molar-refractivity contribution in [2.75, 3.05) is 13.2 Å². The summed E-state index contributed by atoms with van der Waals surface area (Å²) in [6.07, 6.45) is -14.2. The van der Waals surface area contributed by atoms with Gasteiger partial charge < -0.3 is 55.1 Å². The smallest absolute Gasteiger partial charge is 0.201 e. The molecule has 11 nitrogen and oxygen atoms in total. The largest absolute Gasteiger partial charge is 0.394 e. The second-order valence-electron chi connectivity index (χ2n) is 8.00. The molecule has 31 heavy (non-hydrogen) atoms. The Balaban J connectivity index is 1.73. The number of hydrogen-bond donors (Lipinski definition) is 8. The normalized spacial score (nSPS) is 44.7. The topological polar surface area (TPSA) is 190 Å². The van der Waals surface area contributed by atoms with Crippen molar-refractivity contribution in [2.24, 2.45) is 0 Å². The predicted octanol–water partition coefficient (Wildman–Crippen LogP) is -3.22. The lowest BCUT2D eigenvalue weighted by Crippen LogP contribution is -2.67. The van der Waals surface area contributed by atoms with Gasteiger partial charge in [-0.2, -0.15) is 0 Å². The summed E-state index contributed by atoms with van der Waals surface area (Å²) in [5.74, 6) is -3.08. The SMILES string of the molecule is CC(c1ccccc1)[C@@]1(O)O[C@H](CO[C@@H]2O[C@H](CO)[C@@H](O)[C@H](O)[C@H]2O)[C@@H](O)[C@H](O)[C@H]1O. The van der Waals surface area contributed by atoms with Gasteiger partial charge in [0.25, 0.3) is 0 Å². The molecule has 0 aliphatic carbocycles. The Kier molecular flexibility index (Phi) is 7.66. The Morgan fingerprint density at radius 3 is 2.13 bits per heavy atom. The van der Waals surface area contributed by atoms with Gasteiger partial charge in [-0.05, 0) is 5.56 Å². The third-order valence-corrected chi connectivity index (χ3v) is 6.01. The van der Waals surface area contributed by atoms with Crippen molar-refractivity contribution in [3.05, 3.63) is 35.9 Å². The van der Waals surface area contributed by atoms with Crippen molar-refractivity contribution in [3.8, 4) is 0 Å². The summed E-state index contributed by atoms with van der Waals surface area (Å²) in [6, 6.07) is 8.64. The van der Waals surface area contributed by atoms with Crippen LogP contribution in [-0.2, 0) is 14.2 Å². The fourth-order valence-corrected chi connectivity index (χ4v) is 3.90. The molecule has 0 saturated carbocycles. The van der Waals surface area contributed by atoms with Crippen LogP contribution in [0.15, 0.2) is 30.3 Å². The maximum Gasteiger partial charge on any atom is 0.201 e. The lowest BCUT2D eigenvalue weighted by molar-refractivity contribution is -0.367. The zero-order valence-corrected chi connectivity index (χ0v) is 16.9. The maximum atomic E-state index is 11.1. The Morgan fingerprint density at radius 1 is 0.903 bits per heavy atom. The average Bonchev–Trinajstić information content (AvgIpc) is 2.78. The van der Waals surface area contributed by atoms with E-state index in [9.17, 15) is 40.9 Å². The van der Waals surface area contributed by atoms with E-state index in [-0.39, 0.29) is 0 Å². The Labute approximate surface area is 178 Å². The van der Waals surface area contributed by atoms with E-state index < -0.39 is 80.0 Å². The lowest BCUT2D eigenvalue weighted by atomic mass is 9.82. The molecular weight excluding hydrogens is 416 g/mol. The zero-order chi connectivity index (χ0) is 22.9. The van der Waals surface area contributed by atoms with E-state index in [2.05, 4.69) is 0 Å². The third-order valence-electron chi connectivity index (χ3n) is 6.01. The minimum atomic E-state index is -2.27. The highest BCUT2D eigenvalue weighted by Gasteiger charge is 2.56. The molecule has 11 atom stereocenters. The summed E-state index contributed by atoms with van der Waals surface area (Å²) < 4.78 is 16.2. The van der Waals surface area contributed by atoms with Gasteiger partial charge in [0.2, 0.25) is 5.79 Å². The van der Waals surface area contributed by atoms with Crippen molar-refractivity contribution in [2.45, 2.75) is 73.8 Å². The molecule has 2 heterocycles. The first-order valence-electron chi connectivity index (χ1n) is 10.0. The fraction of sp³-hybridized carbons (Fsp3) is 0.700. The Hall–Kier alpha value is -1.22. The molecule has 1 aromatic rings. The van der Waals surface area contributed by atoms with Gasteiger partial charge in [-0.3, -0.25) is 0 Å². The molecule has 0 spiro atoms. The van der Waals surface area contributed by atoms with Crippen LogP contribution >= 0.6 is 0 Å². The minimum absolute atomic E-state index is 0.516. The van der Waals surface area contributed by atoms with Gasteiger partial charge in [0.1, 0.15) is 48.8 Å². The van der Waals surface area contributed by atoms with Crippen LogP contribution in [0.1, 0.15) is 18.4 Å². The van der Waals surface area contributed by atoms with E-state index in [0.717, 1.165) is 0 Å². The third kappa shape index (κ3) is 4.63. The van der Waals surface area contributed by atoms with Crippen LogP contribution in [-0.4, -0.2) is 115 Å². The summed E-state index contributed by atoms with van der Waals surface area (Å²) in [6.45, 7) is 0.419. The van der Waals surface area contributed by atoms with Crippen LogP contribution < -0.4 is 0 Å². The van der Waals surface area contributed by atoms with Gasteiger partial charge in [0, 0.05) is 5.92 Å². The lowest BCUT2D eigenvalue weighted by Gasteiger charge is -2.49. The molecule has 11 heteroatoms. The molecule has 176 valence electrons. The van der Waals surface area contributed by atoms with Crippen molar-refractivity contribution >= 4 is 0 Å².